The van der Waals surface area contributed by atoms with Crippen molar-refractivity contribution in [3.05, 3.63) is 53.3 Å². The molecule has 1 saturated heterocycles. The Kier molecular flexibility index (Phi) is 4.66. The maximum atomic E-state index is 12.4. The van der Waals surface area contributed by atoms with E-state index < -0.39 is 0 Å². The second kappa shape index (κ2) is 6.88. The van der Waals surface area contributed by atoms with E-state index in [2.05, 4.69) is 10.9 Å². The van der Waals surface area contributed by atoms with Crippen LogP contribution in [0.1, 0.15) is 28.2 Å². The SMILES string of the molecule is Cc1cc(C(=O)NNC(=O)C2CCOC2)c(C)n1-c1ccccc1. The van der Waals surface area contributed by atoms with E-state index in [0.29, 0.717) is 25.2 Å². The fourth-order valence-electron chi connectivity index (χ4n) is 3.00. The van der Waals surface area contributed by atoms with Crippen LogP contribution in [-0.4, -0.2) is 29.6 Å². The van der Waals surface area contributed by atoms with Gasteiger partial charge in [-0.1, -0.05) is 18.2 Å². The summed E-state index contributed by atoms with van der Waals surface area (Å²) in [4.78, 5) is 24.4. The summed E-state index contributed by atoms with van der Waals surface area (Å²) in [5, 5.41) is 0. The molecule has 2 heterocycles. The van der Waals surface area contributed by atoms with Crippen molar-refractivity contribution in [1.82, 2.24) is 15.4 Å². The van der Waals surface area contributed by atoms with Crippen LogP contribution in [0.5, 0.6) is 0 Å². The molecule has 1 aromatic heterocycles. The Labute approximate surface area is 140 Å². The third-order valence-corrected chi connectivity index (χ3v) is 4.29. The van der Waals surface area contributed by atoms with Gasteiger partial charge in [0.1, 0.15) is 0 Å². The number of benzene rings is 1. The zero-order valence-electron chi connectivity index (χ0n) is 13.8. The van der Waals surface area contributed by atoms with Crippen molar-refractivity contribution in [1.29, 1.82) is 0 Å². The molecule has 1 aromatic carbocycles. The number of hydrogen-bond donors (Lipinski definition) is 2. The van der Waals surface area contributed by atoms with Crippen molar-refractivity contribution >= 4 is 11.8 Å². The van der Waals surface area contributed by atoms with E-state index in [9.17, 15) is 9.59 Å². The number of nitrogens with one attached hydrogen (secondary N) is 2. The third-order valence-electron chi connectivity index (χ3n) is 4.29. The van der Waals surface area contributed by atoms with Crippen LogP contribution in [0, 0.1) is 19.8 Å². The van der Waals surface area contributed by atoms with Gasteiger partial charge in [-0.25, -0.2) is 0 Å². The van der Waals surface area contributed by atoms with Gasteiger partial charge in [-0.2, -0.15) is 0 Å². The fraction of sp³-hybridized carbons (Fsp3) is 0.333. The van der Waals surface area contributed by atoms with E-state index in [-0.39, 0.29) is 17.7 Å². The minimum Gasteiger partial charge on any atom is -0.381 e. The molecular formula is C18H21N3O3. The molecular weight excluding hydrogens is 306 g/mol. The molecule has 3 rings (SSSR count). The van der Waals surface area contributed by atoms with Gasteiger partial charge >= 0.3 is 0 Å². The summed E-state index contributed by atoms with van der Waals surface area (Å²) in [6.45, 7) is 4.83. The number of hydrogen-bond acceptors (Lipinski definition) is 3. The molecule has 2 N–H and O–H groups in total. The van der Waals surface area contributed by atoms with E-state index in [0.717, 1.165) is 17.1 Å². The Morgan fingerprint density at radius 2 is 1.92 bits per heavy atom. The van der Waals surface area contributed by atoms with Crippen molar-refractivity contribution in [2.24, 2.45) is 5.92 Å². The first kappa shape index (κ1) is 16.3. The van der Waals surface area contributed by atoms with Gasteiger partial charge in [0.05, 0.1) is 18.1 Å². The molecule has 0 spiro atoms. The fourth-order valence-corrected chi connectivity index (χ4v) is 3.00. The van der Waals surface area contributed by atoms with Crippen molar-refractivity contribution in [3.8, 4) is 5.69 Å². The first-order chi connectivity index (χ1) is 11.6. The molecule has 1 atom stereocenters. The van der Waals surface area contributed by atoms with E-state index in [1.807, 2.05) is 54.8 Å². The third kappa shape index (κ3) is 3.19. The average Bonchev–Trinajstić information content (AvgIpc) is 3.21. The van der Waals surface area contributed by atoms with Crippen LogP contribution in [0.2, 0.25) is 0 Å². The number of ether oxygens (including phenoxy) is 1. The lowest BCUT2D eigenvalue weighted by Crippen LogP contribution is -2.44. The highest BCUT2D eigenvalue weighted by atomic mass is 16.5. The number of hydrazine groups is 1. The zero-order chi connectivity index (χ0) is 17.1. The predicted octanol–water partition coefficient (Wildman–Crippen LogP) is 1.89. The van der Waals surface area contributed by atoms with Crippen molar-refractivity contribution in [2.45, 2.75) is 20.3 Å². The Hall–Kier alpha value is -2.60. The molecule has 6 nitrogen and oxygen atoms in total. The molecule has 2 amide bonds. The number of rotatable bonds is 3. The second-order valence-corrected chi connectivity index (χ2v) is 5.96. The van der Waals surface area contributed by atoms with Gasteiger partial charge in [0.25, 0.3) is 5.91 Å². The number of carbonyl (C=O) groups excluding carboxylic acids is 2. The molecule has 0 saturated carbocycles. The standard InChI is InChI=1S/C18H21N3O3/c1-12-10-16(13(2)21(12)15-6-4-3-5-7-15)18(23)20-19-17(22)14-8-9-24-11-14/h3-7,10,14H,8-9,11H2,1-2H3,(H,19,22)(H,20,23). The van der Waals surface area contributed by atoms with E-state index in [1.54, 1.807) is 0 Å². The van der Waals surface area contributed by atoms with Crippen LogP contribution in [-0.2, 0) is 9.53 Å². The highest BCUT2D eigenvalue weighted by Crippen LogP contribution is 2.20. The summed E-state index contributed by atoms with van der Waals surface area (Å²) in [5.41, 5.74) is 8.32. The van der Waals surface area contributed by atoms with Crippen LogP contribution >= 0.6 is 0 Å². The monoisotopic (exact) mass is 327 g/mol. The smallest absolute Gasteiger partial charge is 0.271 e. The Bertz CT molecular complexity index is 746. The van der Waals surface area contributed by atoms with Gasteiger partial charge in [-0.05, 0) is 38.5 Å². The van der Waals surface area contributed by atoms with Gasteiger partial charge in [-0.3, -0.25) is 20.4 Å². The Balaban J connectivity index is 1.73. The molecule has 1 fully saturated rings. The number of nitrogens with zero attached hydrogens (tertiary/aromatic N) is 1. The minimum atomic E-state index is -0.322. The van der Waals surface area contributed by atoms with Gasteiger partial charge in [0.15, 0.2) is 0 Å². The lowest BCUT2D eigenvalue weighted by Gasteiger charge is -2.11. The quantitative estimate of drug-likeness (QED) is 0.846. The molecule has 0 aliphatic carbocycles. The second-order valence-electron chi connectivity index (χ2n) is 5.96. The molecule has 126 valence electrons. The lowest BCUT2D eigenvalue weighted by molar-refractivity contribution is -0.125. The van der Waals surface area contributed by atoms with Crippen LogP contribution in [0.3, 0.4) is 0 Å². The molecule has 0 bridgehead atoms. The summed E-state index contributed by atoms with van der Waals surface area (Å²) < 4.78 is 7.20. The lowest BCUT2D eigenvalue weighted by atomic mass is 10.1. The minimum absolute atomic E-state index is 0.193. The topological polar surface area (TPSA) is 72.4 Å². The Morgan fingerprint density at radius 1 is 1.17 bits per heavy atom. The number of aromatic nitrogens is 1. The van der Waals surface area contributed by atoms with Crippen LogP contribution < -0.4 is 10.9 Å². The van der Waals surface area contributed by atoms with Crippen LogP contribution in [0.4, 0.5) is 0 Å². The highest BCUT2D eigenvalue weighted by molar-refractivity contribution is 5.97. The number of para-hydroxylation sites is 1. The largest absolute Gasteiger partial charge is 0.381 e. The number of carbonyl (C=O) groups is 2. The van der Waals surface area contributed by atoms with E-state index in [4.69, 9.17) is 4.74 Å². The molecule has 1 aliphatic rings. The summed E-state index contributed by atoms with van der Waals surface area (Å²) in [6.07, 6.45) is 0.685. The molecule has 2 aromatic rings. The van der Waals surface area contributed by atoms with Gasteiger partial charge in [-0.15, -0.1) is 0 Å². The normalized spacial score (nSPS) is 16.8. The maximum Gasteiger partial charge on any atom is 0.271 e. The summed E-state index contributed by atoms with van der Waals surface area (Å²) >= 11 is 0. The van der Waals surface area contributed by atoms with Gasteiger partial charge in [0, 0.05) is 23.7 Å². The van der Waals surface area contributed by atoms with Gasteiger partial charge in [0.2, 0.25) is 5.91 Å². The average molecular weight is 327 g/mol. The summed E-state index contributed by atoms with van der Waals surface area (Å²) in [7, 11) is 0. The van der Waals surface area contributed by atoms with Crippen LogP contribution in [0.15, 0.2) is 36.4 Å². The van der Waals surface area contributed by atoms with E-state index in [1.165, 1.54) is 0 Å². The molecule has 1 aliphatic heterocycles. The Morgan fingerprint density at radius 3 is 2.58 bits per heavy atom. The highest BCUT2D eigenvalue weighted by Gasteiger charge is 2.24. The van der Waals surface area contributed by atoms with Gasteiger partial charge < -0.3 is 9.30 Å². The maximum absolute atomic E-state index is 12.4. The summed E-state index contributed by atoms with van der Waals surface area (Å²) in [6, 6.07) is 11.7. The summed E-state index contributed by atoms with van der Waals surface area (Å²) in [5.74, 6) is -0.725. The zero-order valence-corrected chi connectivity index (χ0v) is 13.8. The van der Waals surface area contributed by atoms with Crippen molar-refractivity contribution in [2.75, 3.05) is 13.2 Å². The number of aryl methyl sites for hydroxylation is 1. The first-order valence-electron chi connectivity index (χ1n) is 8.00. The molecule has 0 radical (unpaired) electrons. The predicted molar refractivity (Wildman–Crippen MR) is 89.8 cm³/mol. The van der Waals surface area contributed by atoms with Crippen LogP contribution in [0.25, 0.3) is 5.69 Å². The van der Waals surface area contributed by atoms with E-state index >= 15 is 0 Å². The molecule has 24 heavy (non-hydrogen) atoms. The molecule has 1 unspecified atom stereocenters. The molecule has 6 heteroatoms. The van der Waals surface area contributed by atoms with Crippen molar-refractivity contribution in [3.63, 3.8) is 0 Å². The number of amides is 2. The van der Waals surface area contributed by atoms with Crippen molar-refractivity contribution < 1.29 is 14.3 Å². The first-order valence-corrected chi connectivity index (χ1v) is 8.00.